The largest absolute Gasteiger partial charge is 0.362 e. The van der Waals surface area contributed by atoms with Gasteiger partial charge in [0.05, 0.1) is 0 Å². The van der Waals surface area contributed by atoms with Crippen LogP contribution in [0.4, 0.5) is 0 Å². The lowest BCUT2D eigenvalue weighted by molar-refractivity contribution is 1.22. The molecule has 0 spiro atoms. The van der Waals surface area contributed by atoms with Crippen molar-refractivity contribution >= 4 is 11.4 Å². The first-order valence-electron chi connectivity index (χ1n) is 6.14. The molecular formula is C16H8N6. The second-order valence-electron chi connectivity index (χ2n) is 3.97. The maximum absolute atomic E-state index is 8.31. The summed E-state index contributed by atoms with van der Waals surface area (Å²) in [6, 6.07) is 0. The van der Waals surface area contributed by atoms with Crippen molar-refractivity contribution in [2.75, 3.05) is 0 Å². The molecule has 0 aromatic rings. The minimum absolute atomic E-state index is 0.541. The van der Waals surface area contributed by atoms with E-state index in [1.54, 1.807) is 48.6 Å². The van der Waals surface area contributed by atoms with Crippen LogP contribution >= 0.6 is 0 Å². The Hall–Kier alpha value is -3.82. The van der Waals surface area contributed by atoms with E-state index >= 15 is 0 Å². The lowest BCUT2D eigenvalue weighted by Gasteiger charge is -2.02. The van der Waals surface area contributed by atoms with Crippen molar-refractivity contribution < 1.29 is 0 Å². The third-order valence-electron chi connectivity index (χ3n) is 2.53. The molecule has 6 heteroatoms. The highest BCUT2D eigenvalue weighted by molar-refractivity contribution is 6.06. The quantitative estimate of drug-likeness (QED) is 0.312. The number of hydrogen-bond donors (Lipinski definition) is 0. The number of diazo groups is 1. The average Bonchev–Trinajstić information content (AvgIpc) is 2.55. The van der Waals surface area contributed by atoms with Gasteiger partial charge < -0.3 is 10.6 Å². The van der Waals surface area contributed by atoms with Crippen LogP contribution in [0, 0.1) is 5.39 Å². The van der Waals surface area contributed by atoms with Crippen LogP contribution in [0.25, 0.3) is 10.6 Å². The minimum Gasteiger partial charge on any atom is -0.362 e. The molecule has 0 N–H and O–H groups in total. The monoisotopic (exact) mass is 284 g/mol. The van der Waals surface area contributed by atoms with Gasteiger partial charge in [0.15, 0.2) is 10.8 Å². The number of rotatable bonds is 1. The van der Waals surface area contributed by atoms with E-state index in [1.807, 2.05) is 0 Å². The van der Waals surface area contributed by atoms with Gasteiger partial charge in [-0.05, 0) is 53.6 Å². The predicted octanol–water partition coefficient (Wildman–Crippen LogP) is 3.74. The Bertz CT molecular complexity index is 853. The number of allylic oxidation sites excluding steroid dienone is 10. The predicted molar refractivity (Wildman–Crippen MR) is 83.4 cm³/mol. The molecule has 2 rings (SSSR count). The molecule has 0 radical (unpaired) electrons. The molecule has 0 aromatic heterocycles. The molecular weight excluding hydrogens is 276 g/mol. The zero-order valence-corrected chi connectivity index (χ0v) is 11.3. The summed E-state index contributed by atoms with van der Waals surface area (Å²) >= 11 is 0. The fourth-order valence-electron chi connectivity index (χ4n) is 1.53. The second-order valence-corrected chi connectivity index (χ2v) is 3.97. The molecule has 0 saturated carbocycles. The van der Waals surface area contributed by atoms with Gasteiger partial charge in [0.25, 0.3) is 5.39 Å². The fourth-order valence-corrected chi connectivity index (χ4v) is 1.53. The van der Waals surface area contributed by atoms with Gasteiger partial charge in [-0.3, -0.25) is 5.22 Å². The molecule has 0 amide bonds. The summed E-state index contributed by atoms with van der Waals surface area (Å²) in [5.41, 5.74) is 22.2. The van der Waals surface area contributed by atoms with Crippen LogP contribution in [0.15, 0.2) is 98.1 Å². The van der Waals surface area contributed by atoms with Crippen molar-refractivity contribution in [1.82, 2.24) is 0 Å². The Balaban J connectivity index is 2.23. The van der Waals surface area contributed by atoms with Crippen LogP contribution in [-0.2, 0) is 0 Å². The highest BCUT2D eigenvalue weighted by atomic mass is 15.3. The summed E-state index contributed by atoms with van der Waals surface area (Å²) in [6.07, 6.45) is 13.8. The highest BCUT2D eigenvalue weighted by Gasteiger charge is 2.00. The maximum atomic E-state index is 8.31. The van der Waals surface area contributed by atoms with E-state index in [-0.39, 0.29) is 0 Å². The van der Waals surface area contributed by atoms with Gasteiger partial charge in [0, 0.05) is 11.1 Å². The summed E-state index contributed by atoms with van der Waals surface area (Å²) in [6.45, 7) is 0. The molecule has 0 aromatic carbocycles. The summed E-state index contributed by atoms with van der Waals surface area (Å²) in [4.78, 5) is 0. The van der Waals surface area contributed by atoms with E-state index in [0.29, 0.717) is 11.4 Å². The summed E-state index contributed by atoms with van der Waals surface area (Å²) in [7, 11) is 0. The minimum atomic E-state index is 0.541. The lowest BCUT2D eigenvalue weighted by atomic mass is 10.1. The maximum Gasteiger partial charge on any atom is 0.339 e. The summed E-state index contributed by atoms with van der Waals surface area (Å²) in [5, 5.41) is 20.7. The highest BCUT2D eigenvalue weighted by Crippen LogP contribution is 2.06. The Morgan fingerprint density at radius 2 is 1.32 bits per heavy atom. The molecule has 0 saturated heterocycles. The van der Waals surface area contributed by atoms with Gasteiger partial charge in [-0.2, -0.15) is 0 Å². The smallest absolute Gasteiger partial charge is 0.339 e. The zero-order valence-electron chi connectivity index (χ0n) is 11.3. The molecule has 2 aliphatic rings. The Labute approximate surface area is 126 Å². The normalized spacial score (nSPS) is 14.5. The number of hydrogen-bond acceptors (Lipinski definition) is 3. The van der Waals surface area contributed by atoms with Crippen LogP contribution < -0.4 is 0 Å². The van der Waals surface area contributed by atoms with Crippen molar-refractivity contribution in [2.45, 2.75) is 0 Å². The lowest BCUT2D eigenvalue weighted by Crippen LogP contribution is -1.91. The first kappa shape index (κ1) is 14.6. The molecule has 6 nitrogen and oxygen atoms in total. The van der Waals surface area contributed by atoms with E-state index in [9.17, 15) is 0 Å². The molecule has 0 bridgehead atoms. The number of nitrogens with zero attached hydrogens (tertiary/aromatic N) is 6. The average molecular weight is 284 g/mol. The van der Waals surface area contributed by atoms with E-state index in [2.05, 4.69) is 43.4 Å². The van der Waals surface area contributed by atoms with Gasteiger partial charge in [-0.1, -0.05) is 23.6 Å². The standard InChI is InChI=1S/C16H8N6/c17-21-19-15-9-5-13(6-10-15)3-1-2-4-14-7-11-16(12-8-14)20-22-18/h5-12H. The van der Waals surface area contributed by atoms with E-state index < -0.39 is 0 Å². The van der Waals surface area contributed by atoms with Crippen molar-refractivity contribution in [1.29, 1.82) is 5.39 Å². The third-order valence-corrected chi connectivity index (χ3v) is 2.53. The first-order valence-corrected chi connectivity index (χ1v) is 6.14. The van der Waals surface area contributed by atoms with Crippen molar-refractivity contribution in [3.63, 3.8) is 0 Å². The van der Waals surface area contributed by atoms with Gasteiger partial charge >= 0.3 is 5.08 Å². The Morgan fingerprint density at radius 1 is 0.818 bits per heavy atom. The second kappa shape index (κ2) is 7.69. The molecule has 0 heterocycles. The van der Waals surface area contributed by atoms with Crippen molar-refractivity contribution in [3.05, 3.63) is 93.3 Å². The van der Waals surface area contributed by atoms with Crippen LogP contribution in [0.5, 0.6) is 0 Å². The van der Waals surface area contributed by atoms with Gasteiger partial charge in [0.1, 0.15) is 0 Å². The summed E-state index contributed by atoms with van der Waals surface area (Å²) < 4.78 is 0. The Kier molecular flexibility index (Phi) is 5.10. The first-order chi connectivity index (χ1) is 10.8. The molecule has 0 atom stereocenters. The van der Waals surface area contributed by atoms with Crippen LogP contribution in [0.3, 0.4) is 0 Å². The van der Waals surface area contributed by atoms with E-state index in [1.165, 1.54) is 0 Å². The van der Waals surface area contributed by atoms with Crippen LogP contribution in [-0.4, -0.2) is 11.4 Å². The van der Waals surface area contributed by atoms with Crippen LogP contribution in [0.2, 0.25) is 0 Å². The molecule has 0 fully saturated rings. The van der Waals surface area contributed by atoms with E-state index in [0.717, 1.165) is 11.1 Å². The zero-order chi connectivity index (χ0) is 15.6. The van der Waals surface area contributed by atoms with Gasteiger partial charge in [0.2, 0.25) is 0 Å². The van der Waals surface area contributed by atoms with Crippen molar-refractivity contribution in [2.24, 2.45) is 15.4 Å². The molecule has 0 aliphatic heterocycles. The SMILES string of the molecule is N#[N+]N=C1C=CC(=C=C=C=C=C2C=CC(=NN=[N-])C=C2)C=C1. The van der Waals surface area contributed by atoms with Gasteiger partial charge in [-0.15, -0.1) is 0 Å². The van der Waals surface area contributed by atoms with Gasteiger partial charge in [-0.25, -0.2) is 0 Å². The molecule has 2 aliphatic carbocycles. The van der Waals surface area contributed by atoms with Crippen LogP contribution in [0.1, 0.15) is 0 Å². The third kappa shape index (κ3) is 4.38. The molecule has 22 heavy (non-hydrogen) atoms. The van der Waals surface area contributed by atoms with Crippen molar-refractivity contribution in [3.8, 4) is 0 Å². The molecule has 0 unspecified atom stereocenters. The Morgan fingerprint density at radius 3 is 1.77 bits per heavy atom. The van der Waals surface area contributed by atoms with E-state index in [4.69, 9.17) is 10.9 Å². The topological polar surface area (TPSA) is 87.5 Å². The fraction of sp³-hybridized carbons (Fsp3) is 0. The molecule has 102 valence electrons. The summed E-state index contributed by atoms with van der Waals surface area (Å²) in [5.74, 6) is 0.